The molecule has 2 saturated heterocycles. The van der Waals surface area contributed by atoms with Crippen molar-refractivity contribution in [2.45, 2.75) is 43.9 Å². The molecule has 2 fully saturated rings. The predicted octanol–water partition coefficient (Wildman–Crippen LogP) is 1.99. The highest BCUT2D eigenvalue weighted by Gasteiger charge is 2.29. The van der Waals surface area contributed by atoms with Crippen molar-refractivity contribution in [3.05, 3.63) is 29.6 Å². The van der Waals surface area contributed by atoms with E-state index in [2.05, 4.69) is 4.72 Å². The van der Waals surface area contributed by atoms with Crippen LogP contribution in [0.3, 0.4) is 0 Å². The first-order valence-electron chi connectivity index (χ1n) is 10.2. The van der Waals surface area contributed by atoms with Crippen LogP contribution in [-0.4, -0.2) is 62.8 Å². The van der Waals surface area contributed by atoms with Gasteiger partial charge >= 0.3 is 0 Å². The molecule has 0 aliphatic carbocycles. The first kappa shape index (κ1) is 21.7. The molecule has 0 spiro atoms. The zero-order valence-corrected chi connectivity index (χ0v) is 17.5. The number of hydrogen-bond donors (Lipinski definition) is 1. The van der Waals surface area contributed by atoms with Crippen molar-refractivity contribution in [1.82, 2.24) is 14.5 Å². The zero-order valence-electron chi connectivity index (χ0n) is 16.7. The number of hydrogen-bond acceptors (Lipinski definition) is 4. The minimum atomic E-state index is -3.77. The third kappa shape index (κ3) is 5.14. The second-order valence-corrected chi connectivity index (χ2v) is 9.44. The van der Waals surface area contributed by atoms with Gasteiger partial charge in [-0.1, -0.05) is 6.92 Å². The average molecular weight is 426 g/mol. The molecule has 160 valence electrons. The summed E-state index contributed by atoms with van der Waals surface area (Å²) in [4.78, 5) is 28.4. The minimum Gasteiger partial charge on any atom is -0.343 e. The number of likely N-dealkylation sites (tertiary alicyclic amines) is 2. The molecule has 29 heavy (non-hydrogen) atoms. The second kappa shape index (κ2) is 9.21. The Balaban J connectivity index is 1.62. The summed E-state index contributed by atoms with van der Waals surface area (Å²) in [5.41, 5.74) is -0.240. The number of rotatable bonds is 6. The fourth-order valence-corrected chi connectivity index (χ4v) is 5.03. The van der Waals surface area contributed by atoms with Crippen LogP contribution in [0, 0.1) is 11.7 Å². The summed E-state index contributed by atoms with van der Waals surface area (Å²) in [5.74, 6) is -0.853. The first-order chi connectivity index (χ1) is 13.8. The van der Waals surface area contributed by atoms with Crippen LogP contribution < -0.4 is 4.72 Å². The van der Waals surface area contributed by atoms with Crippen molar-refractivity contribution >= 4 is 21.8 Å². The number of nitrogens with one attached hydrogen (secondary N) is 1. The first-order valence-corrected chi connectivity index (χ1v) is 11.7. The van der Waals surface area contributed by atoms with E-state index in [1.807, 2.05) is 4.90 Å². The Bertz CT molecular complexity index is 860. The van der Waals surface area contributed by atoms with E-state index in [9.17, 15) is 22.4 Å². The highest BCUT2D eigenvalue weighted by Crippen LogP contribution is 2.25. The molecule has 0 bridgehead atoms. The van der Waals surface area contributed by atoms with Crippen LogP contribution in [0.1, 0.15) is 49.4 Å². The van der Waals surface area contributed by atoms with Crippen LogP contribution in [-0.2, 0) is 14.8 Å². The Morgan fingerprint density at radius 2 is 1.76 bits per heavy atom. The molecule has 0 radical (unpaired) electrons. The summed E-state index contributed by atoms with van der Waals surface area (Å²) in [6.45, 7) is 4.38. The molecule has 0 unspecified atom stereocenters. The van der Waals surface area contributed by atoms with Gasteiger partial charge in [0.2, 0.25) is 15.9 Å². The topological polar surface area (TPSA) is 86.8 Å². The van der Waals surface area contributed by atoms with Gasteiger partial charge in [-0.05, 0) is 49.8 Å². The maximum atomic E-state index is 14.3. The van der Waals surface area contributed by atoms with E-state index >= 15 is 0 Å². The lowest BCUT2D eigenvalue weighted by atomic mass is 9.92. The van der Waals surface area contributed by atoms with E-state index in [1.165, 1.54) is 0 Å². The Morgan fingerprint density at radius 3 is 2.38 bits per heavy atom. The van der Waals surface area contributed by atoms with Crippen LogP contribution in [0.25, 0.3) is 0 Å². The molecule has 0 aromatic heterocycles. The molecular weight excluding hydrogens is 397 g/mol. The lowest BCUT2D eigenvalue weighted by molar-refractivity contribution is -0.131. The molecular formula is C20H28FN3O4S. The lowest BCUT2D eigenvalue weighted by Gasteiger charge is -2.32. The highest BCUT2D eigenvalue weighted by atomic mass is 32.2. The third-order valence-electron chi connectivity index (χ3n) is 5.64. The van der Waals surface area contributed by atoms with E-state index in [0.29, 0.717) is 32.4 Å². The molecule has 2 amide bonds. The van der Waals surface area contributed by atoms with Gasteiger partial charge in [0.05, 0.1) is 10.5 Å². The van der Waals surface area contributed by atoms with E-state index in [4.69, 9.17) is 0 Å². The Morgan fingerprint density at radius 1 is 1.10 bits per heavy atom. The highest BCUT2D eigenvalue weighted by molar-refractivity contribution is 7.89. The quantitative estimate of drug-likeness (QED) is 0.755. The SMILES string of the molecule is CCNS(=O)(=O)c1ccc(F)c(C(=O)N2CCC(CC(=O)N3CCCC3)CC2)c1. The van der Waals surface area contributed by atoms with Crippen molar-refractivity contribution < 1.29 is 22.4 Å². The molecule has 0 saturated carbocycles. The number of sulfonamides is 1. The van der Waals surface area contributed by atoms with Gasteiger partial charge in [-0.25, -0.2) is 17.5 Å². The largest absolute Gasteiger partial charge is 0.343 e. The van der Waals surface area contributed by atoms with Gasteiger partial charge in [0.1, 0.15) is 5.82 Å². The van der Waals surface area contributed by atoms with Crippen molar-refractivity contribution in [1.29, 1.82) is 0 Å². The van der Waals surface area contributed by atoms with Gasteiger partial charge in [-0.15, -0.1) is 0 Å². The van der Waals surface area contributed by atoms with Crippen LogP contribution in [0.4, 0.5) is 4.39 Å². The monoisotopic (exact) mass is 425 g/mol. The molecule has 2 aliphatic heterocycles. The number of nitrogens with zero attached hydrogens (tertiary/aromatic N) is 2. The predicted molar refractivity (Wildman–Crippen MR) is 106 cm³/mol. The van der Waals surface area contributed by atoms with Crippen LogP contribution in [0.5, 0.6) is 0 Å². The smallest absolute Gasteiger partial charge is 0.256 e. The standard InChI is InChI=1S/C20H28FN3O4S/c1-2-22-29(27,28)16-5-6-18(21)17(14-16)20(26)24-11-7-15(8-12-24)13-19(25)23-9-3-4-10-23/h5-6,14-15,22H,2-4,7-13H2,1H3. The molecule has 1 aromatic rings. The second-order valence-electron chi connectivity index (χ2n) is 7.67. The third-order valence-corrected chi connectivity index (χ3v) is 7.18. The van der Waals surface area contributed by atoms with Gasteiger partial charge in [0.15, 0.2) is 0 Å². The van der Waals surface area contributed by atoms with Gasteiger partial charge in [0.25, 0.3) is 5.91 Å². The summed E-state index contributed by atoms with van der Waals surface area (Å²) in [6, 6.07) is 3.26. The number of carbonyl (C=O) groups is 2. The fourth-order valence-electron chi connectivity index (χ4n) is 3.96. The van der Waals surface area contributed by atoms with Crippen molar-refractivity contribution in [2.75, 3.05) is 32.7 Å². The Kier molecular flexibility index (Phi) is 6.89. The molecule has 1 N–H and O–H groups in total. The number of halogens is 1. The van der Waals surface area contributed by atoms with E-state index in [0.717, 1.165) is 44.1 Å². The lowest BCUT2D eigenvalue weighted by Crippen LogP contribution is -2.40. The Hall–Kier alpha value is -2.00. The molecule has 0 atom stereocenters. The summed E-state index contributed by atoms with van der Waals surface area (Å²) >= 11 is 0. The molecule has 1 aromatic carbocycles. The Labute approximate surface area is 171 Å². The maximum Gasteiger partial charge on any atom is 0.256 e. The molecule has 9 heteroatoms. The summed E-state index contributed by atoms with van der Waals surface area (Å²) < 4.78 is 40.9. The molecule has 2 aliphatic rings. The maximum absolute atomic E-state index is 14.3. The number of piperidine rings is 1. The van der Waals surface area contributed by atoms with E-state index < -0.39 is 21.7 Å². The minimum absolute atomic E-state index is 0.129. The zero-order chi connectivity index (χ0) is 21.0. The van der Waals surface area contributed by atoms with Crippen molar-refractivity contribution in [3.8, 4) is 0 Å². The molecule has 7 nitrogen and oxygen atoms in total. The van der Waals surface area contributed by atoms with Crippen LogP contribution in [0.2, 0.25) is 0 Å². The van der Waals surface area contributed by atoms with Gasteiger partial charge in [-0.3, -0.25) is 9.59 Å². The van der Waals surface area contributed by atoms with Crippen molar-refractivity contribution in [3.63, 3.8) is 0 Å². The molecule has 2 heterocycles. The van der Waals surface area contributed by atoms with Gasteiger partial charge < -0.3 is 9.80 Å². The average Bonchev–Trinajstić information content (AvgIpc) is 3.23. The number of carbonyl (C=O) groups excluding carboxylic acids is 2. The van der Waals surface area contributed by atoms with E-state index in [1.54, 1.807) is 11.8 Å². The van der Waals surface area contributed by atoms with Gasteiger partial charge in [-0.2, -0.15) is 0 Å². The van der Waals surface area contributed by atoms with Gasteiger partial charge in [0, 0.05) is 39.1 Å². The summed E-state index contributed by atoms with van der Waals surface area (Å²) in [6.07, 6.45) is 3.98. The molecule has 3 rings (SSSR count). The van der Waals surface area contributed by atoms with E-state index in [-0.39, 0.29) is 28.8 Å². The number of amides is 2. The summed E-state index contributed by atoms with van der Waals surface area (Å²) in [7, 11) is -3.77. The normalized spacial score (nSPS) is 18.3. The number of benzene rings is 1. The fraction of sp³-hybridized carbons (Fsp3) is 0.600. The van der Waals surface area contributed by atoms with Crippen molar-refractivity contribution in [2.24, 2.45) is 5.92 Å². The van der Waals surface area contributed by atoms with Crippen LogP contribution in [0.15, 0.2) is 23.1 Å². The van der Waals surface area contributed by atoms with Crippen LogP contribution >= 0.6 is 0 Å². The summed E-state index contributed by atoms with van der Waals surface area (Å²) in [5, 5.41) is 0.